The van der Waals surface area contributed by atoms with Crippen LogP contribution in [0, 0.1) is 0 Å². The summed E-state index contributed by atoms with van der Waals surface area (Å²) in [6.45, 7) is 5.67. The number of hydrogen-bond acceptors (Lipinski definition) is 4. The molecule has 0 spiro atoms. The molecule has 1 saturated heterocycles. The average molecular weight is 262 g/mol. The summed E-state index contributed by atoms with van der Waals surface area (Å²) in [5, 5.41) is 6.26. The fourth-order valence-corrected chi connectivity index (χ4v) is 2.16. The molecule has 1 fully saturated rings. The Hall–Kier alpha value is -1.46. The second kappa shape index (κ2) is 7.86. The molecule has 1 amide bonds. The van der Waals surface area contributed by atoms with E-state index in [0.29, 0.717) is 13.0 Å². The first-order chi connectivity index (χ1) is 9.34. The van der Waals surface area contributed by atoms with Crippen LogP contribution in [0.2, 0.25) is 0 Å². The van der Waals surface area contributed by atoms with Crippen LogP contribution in [0.15, 0.2) is 24.4 Å². The van der Waals surface area contributed by atoms with Gasteiger partial charge in [0.05, 0.1) is 0 Å². The van der Waals surface area contributed by atoms with E-state index in [0.717, 1.165) is 44.8 Å². The largest absolute Gasteiger partial charge is 0.356 e. The minimum absolute atomic E-state index is 0.134. The summed E-state index contributed by atoms with van der Waals surface area (Å²) in [4.78, 5) is 18.3. The molecule has 0 aliphatic carbocycles. The number of pyridine rings is 1. The van der Waals surface area contributed by atoms with Crippen LogP contribution < -0.4 is 10.6 Å². The van der Waals surface area contributed by atoms with Gasteiger partial charge in [0, 0.05) is 64.0 Å². The van der Waals surface area contributed by atoms with Crippen molar-refractivity contribution in [1.29, 1.82) is 0 Å². The SMILES string of the molecule is O=C(CCN1CCNCC1)NCCc1ccccn1. The first-order valence-corrected chi connectivity index (χ1v) is 6.94. The molecule has 0 bridgehead atoms. The van der Waals surface area contributed by atoms with E-state index in [4.69, 9.17) is 0 Å². The van der Waals surface area contributed by atoms with Crippen molar-refractivity contribution in [2.75, 3.05) is 39.3 Å². The smallest absolute Gasteiger partial charge is 0.221 e. The molecule has 2 heterocycles. The van der Waals surface area contributed by atoms with Crippen molar-refractivity contribution in [1.82, 2.24) is 20.5 Å². The van der Waals surface area contributed by atoms with Crippen molar-refractivity contribution < 1.29 is 4.79 Å². The number of rotatable bonds is 6. The van der Waals surface area contributed by atoms with Crippen LogP contribution in [0.25, 0.3) is 0 Å². The summed E-state index contributed by atoms with van der Waals surface area (Å²) >= 11 is 0. The van der Waals surface area contributed by atoms with Gasteiger partial charge in [0.1, 0.15) is 0 Å². The summed E-state index contributed by atoms with van der Waals surface area (Å²) < 4.78 is 0. The van der Waals surface area contributed by atoms with Gasteiger partial charge in [-0.15, -0.1) is 0 Å². The molecule has 1 aliphatic heterocycles. The molecule has 104 valence electrons. The van der Waals surface area contributed by atoms with Crippen LogP contribution in [-0.2, 0) is 11.2 Å². The topological polar surface area (TPSA) is 57.3 Å². The van der Waals surface area contributed by atoms with E-state index >= 15 is 0 Å². The molecule has 0 saturated carbocycles. The van der Waals surface area contributed by atoms with Gasteiger partial charge in [-0.05, 0) is 12.1 Å². The van der Waals surface area contributed by atoms with Gasteiger partial charge in [-0.2, -0.15) is 0 Å². The Morgan fingerprint density at radius 3 is 2.95 bits per heavy atom. The molecule has 1 aliphatic rings. The Labute approximate surface area is 114 Å². The standard InChI is InChI=1S/C14H22N4O/c19-14(5-10-18-11-8-15-9-12-18)17-7-4-13-3-1-2-6-16-13/h1-3,6,15H,4-5,7-12H2,(H,17,19). The molecule has 5 heteroatoms. The van der Waals surface area contributed by atoms with Crippen LogP contribution in [0.1, 0.15) is 12.1 Å². The van der Waals surface area contributed by atoms with Gasteiger partial charge in [-0.3, -0.25) is 9.78 Å². The van der Waals surface area contributed by atoms with Crippen molar-refractivity contribution in [2.24, 2.45) is 0 Å². The van der Waals surface area contributed by atoms with Gasteiger partial charge in [0.15, 0.2) is 0 Å². The zero-order chi connectivity index (χ0) is 13.3. The Kier molecular flexibility index (Phi) is 5.78. The summed E-state index contributed by atoms with van der Waals surface area (Å²) in [5.41, 5.74) is 1.02. The maximum Gasteiger partial charge on any atom is 0.221 e. The minimum atomic E-state index is 0.134. The van der Waals surface area contributed by atoms with E-state index in [-0.39, 0.29) is 5.91 Å². The van der Waals surface area contributed by atoms with Crippen molar-refractivity contribution in [3.05, 3.63) is 30.1 Å². The second-order valence-corrected chi connectivity index (χ2v) is 4.76. The number of nitrogens with one attached hydrogen (secondary N) is 2. The predicted octanol–water partition coefficient (Wildman–Crippen LogP) is 0.0356. The zero-order valence-corrected chi connectivity index (χ0v) is 11.3. The molecular weight excluding hydrogens is 240 g/mol. The third-order valence-corrected chi connectivity index (χ3v) is 3.29. The lowest BCUT2D eigenvalue weighted by Gasteiger charge is -2.26. The summed E-state index contributed by atoms with van der Waals surface area (Å²) in [5.74, 6) is 0.134. The predicted molar refractivity (Wildman–Crippen MR) is 74.9 cm³/mol. The molecule has 1 aromatic heterocycles. The monoisotopic (exact) mass is 262 g/mol. The van der Waals surface area contributed by atoms with Crippen molar-refractivity contribution >= 4 is 5.91 Å². The molecule has 0 atom stereocenters. The number of carbonyl (C=O) groups excluding carboxylic acids is 1. The molecule has 2 rings (SSSR count). The van der Waals surface area contributed by atoms with Crippen LogP contribution >= 0.6 is 0 Å². The third-order valence-electron chi connectivity index (χ3n) is 3.29. The Bertz CT molecular complexity index is 376. The van der Waals surface area contributed by atoms with E-state index in [1.807, 2.05) is 18.2 Å². The van der Waals surface area contributed by atoms with E-state index in [2.05, 4.69) is 20.5 Å². The van der Waals surface area contributed by atoms with Crippen LogP contribution in [-0.4, -0.2) is 55.1 Å². The highest BCUT2D eigenvalue weighted by molar-refractivity contribution is 5.76. The van der Waals surface area contributed by atoms with Gasteiger partial charge in [-0.25, -0.2) is 0 Å². The highest BCUT2D eigenvalue weighted by Gasteiger charge is 2.10. The maximum atomic E-state index is 11.7. The number of hydrogen-bond donors (Lipinski definition) is 2. The molecule has 0 unspecified atom stereocenters. The number of aromatic nitrogens is 1. The summed E-state index contributed by atoms with van der Waals surface area (Å²) in [6.07, 6.45) is 3.16. The molecule has 2 N–H and O–H groups in total. The maximum absolute atomic E-state index is 11.7. The van der Waals surface area contributed by atoms with E-state index in [1.165, 1.54) is 0 Å². The lowest BCUT2D eigenvalue weighted by Crippen LogP contribution is -2.44. The average Bonchev–Trinajstić information content (AvgIpc) is 2.47. The first kappa shape index (κ1) is 14.0. The lowest BCUT2D eigenvalue weighted by molar-refractivity contribution is -0.121. The molecular formula is C14H22N4O. The van der Waals surface area contributed by atoms with Crippen molar-refractivity contribution in [3.63, 3.8) is 0 Å². The molecule has 0 radical (unpaired) electrons. The number of amides is 1. The molecule has 0 aromatic carbocycles. The van der Waals surface area contributed by atoms with Crippen molar-refractivity contribution in [3.8, 4) is 0 Å². The second-order valence-electron chi connectivity index (χ2n) is 4.76. The highest BCUT2D eigenvalue weighted by atomic mass is 16.1. The molecule has 5 nitrogen and oxygen atoms in total. The first-order valence-electron chi connectivity index (χ1n) is 6.94. The summed E-state index contributed by atoms with van der Waals surface area (Å²) in [6, 6.07) is 5.84. The van der Waals surface area contributed by atoms with Crippen molar-refractivity contribution in [2.45, 2.75) is 12.8 Å². The lowest BCUT2D eigenvalue weighted by atomic mass is 10.2. The van der Waals surface area contributed by atoms with Crippen LogP contribution in [0.4, 0.5) is 0 Å². The molecule has 19 heavy (non-hydrogen) atoms. The number of piperazine rings is 1. The van der Waals surface area contributed by atoms with E-state index in [9.17, 15) is 4.79 Å². The minimum Gasteiger partial charge on any atom is -0.356 e. The number of nitrogens with zero attached hydrogens (tertiary/aromatic N) is 2. The van der Waals surface area contributed by atoms with Crippen LogP contribution in [0.3, 0.4) is 0 Å². The Morgan fingerprint density at radius 2 is 2.21 bits per heavy atom. The normalized spacial score (nSPS) is 16.2. The Morgan fingerprint density at radius 1 is 1.37 bits per heavy atom. The zero-order valence-electron chi connectivity index (χ0n) is 11.3. The Balaban J connectivity index is 1.57. The van der Waals surface area contributed by atoms with E-state index < -0.39 is 0 Å². The summed E-state index contributed by atoms with van der Waals surface area (Å²) in [7, 11) is 0. The molecule has 1 aromatic rings. The van der Waals surface area contributed by atoms with Gasteiger partial charge in [0.25, 0.3) is 0 Å². The highest BCUT2D eigenvalue weighted by Crippen LogP contribution is 1.96. The van der Waals surface area contributed by atoms with E-state index in [1.54, 1.807) is 6.20 Å². The van der Waals surface area contributed by atoms with Gasteiger partial charge >= 0.3 is 0 Å². The fourth-order valence-electron chi connectivity index (χ4n) is 2.16. The van der Waals surface area contributed by atoms with Gasteiger partial charge in [-0.1, -0.05) is 6.07 Å². The van der Waals surface area contributed by atoms with Crippen LogP contribution in [0.5, 0.6) is 0 Å². The van der Waals surface area contributed by atoms with Gasteiger partial charge < -0.3 is 15.5 Å². The van der Waals surface area contributed by atoms with Gasteiger partial charge in [0.2, 0.25) is 5.91 Å². The number of carbonyl (C=O) groups is 1. The fraction of sp³-hybridized carbons (Fsp3) is 0.571. The quantitative estimate of drug-likeness (QED) is 0.760. The third kappa shape index (κ3) is 5.36.